The van der Waals surface area contributed by atoms with Gasteiger partial charge < -0.3 is 10.2 Å². The third kappa shape index (κ3) is 2.64. The molecule has 1 heterocycles. The van der Waals surface area contributed by atoms with E-state index in [0.29, 0.717) is 12.1 Å². The Morgan fingerprint density at radius 2 is 1.67 bits per heavy atom. The average Bonchev–Trinajstić information content (AvgIpc) is 2.17. The summed E-state index contributed by atoms with van der Waals surface area (Å²) in [5.74, 6) is 0. The summed E-state index contributed by atoms with van der Waals surface area (Å²) in [5.41, 5.74) is 1.26. The van der Waals surface area contributed by atoms with Crippen LogP contribution in [0.1, 0.15) is 13.8 Å². The van der Waals surface area contributed by atoms with Crippen LogP contribution in [0.2, 0.25) is 5.02 Å². The topological polar surface area (TPSA) is 15.3 Å². The molecule has 1 N–H and O–H groups in total. The fraction of sp³-hybridized carbons (Fsp3) is 0.500. The van der Waals surface area contributed by atoms with Crippen molar-refractivity contribution >= 4 is 17.3 Å². The van der Waals surface area contributed by atoms with E-state index in [1.807, 2.05) is 12.1 Å². The first kappa shape index (κ1) is 10.8. The highest BCUT2D eigenvalue weighted by Crippen LogP contribution is 2.20. The predicted octanol–water partition coefficient (Wildman–Crippen LogP) is 2.53. The quantitative estimate of drug-likeness (QED) is 0.789. The molecule has 15 heavy (non-hydrogen) atoms. The fourth-order valence-electron chi connectivity index (χ4n) is 2.19. The molecule has 1 aromatic carbocycles. The minimum Gasteiger partial charge on any atom is -0.368 e. The van der Waals surface area contributed by atoms with Crippen LogP contribution in [0.3, 0.4) is 0 Å². The van der Waals surface area contributed by atoms with Gasteiger partial charge in [0, 0.05) is 35.9 Å². The van der Waals surface area contributed by atoms with Crippen molar-refractivity contribution in [1.29, 1.82) is 0 Å². The zero-order valence-corrected chi connectivity index (χ0v) is 9.96. The SMILES string of the molecule is C[C@H]1CN(c2ccc(Cl)cc2)C[C@H](C)N1. The molecule has 1 aliphatic heterocycles. The largest absolute Gasteiger partial charge is 0.368 e. The molecule has 1 fully saturated rings. The Labute approximate surface area is 96.2 Å². The molecule has 1 aromatic rings. The van der Waals surface area contributed by atoms with Crippen molar-refractivity contribution in [2.75, 3.05) is 18.0 Å². The maximum absolute atomic E-state index is 5.88. The molecule has 82 valence electrons. The lowest BCUT2D eigenvalue weighted by Gasteiger charge is -2.37. The van der Waals surface area contributed by atoms with Crippen LogP contribution in [0.5, 0.6) is 0 Å². The summed E-state index contributed by atoms with van der Waals surface area (Å²) in [7, 11) is 0. The van der Waals surface area contributed by atoms with Crippen LogP contribution < -0.4 is 10.2 Å². The van der Waals surface area contributed by atoms with Crippen molar-refractivity contribution in [3.05, 3.63) is 29.3 Å². The Kier molecular flexibility index (Phi) is 3.17. The molecule has 0 unspecified atom stereocenters. The zero-order chi connectivity index (χ0) is 10.8. The van der Waals surface area contributed by atoms with Crippen LogP contribution in [0, 0.1) is 0 Å². The van der Waals surface area contributed by atoms with E-state index in [9.17, 15) is 0 Å². The molecule has 1 aliphatic rings. The van der Waals surface area contributed by atoms with Crippen molar-refractivity contribution in [3.8, 4) is 0 Å². The van der Waals surface area contributed by atoms with Gasteiger partial charge in [-0.2, -0.15) is 0 Å². The summed E-state index contributed by atoms with van der Waals surface area (Å²) in [5, 5.41) is 4.32. The van der Waals surface area contributed by atoms with E-state index in [1.54, 1.807) is 0 Å². The molecular weight excluding hydrogens is 208 g/mol. The Balaban J connectivity index is 2.12. The van der Waals surface area contributed by atoms with Gasteiger partial charge in [0.15, 0.2) is 0 Å². The minimum atomic E-state index is 0.546. The van der Waals surface area contributed by atoms with E-state index in [1.165, 1.54) is 5.69 Å². The van der Waals surface area contributed by atoms with Crippen molar-refractivity contribution in [3.63, 3.8) is 0 Å². The van der Waals surface area contributed by atoms with E-state index < -0.39 is 0 Å². The third-order valence-corrected chi connectivity index (χ3v) is 3.00. The van der Waals surface area contributed by atoms with Crippen molar-refractivity contribution in [1.82, 2.24) is 5.32 Å². The molecule has 2 rings (SSSR count). The number of benzene rings is 1. The second kappa shape index (κ2) is 4.42. The van der Waals surface area contributed by atoms with Gasteiger partial charge in [0.2, 0.25) is 0 Å². The zero-order valence-electron chi connectivity index (χ0n) is 9.20. The van der Waals surface area contributed by atoms with E-state index >= 15 is 0 Å². The van der Waals surface area contributed by atoms with Gasteiger partial charge in [-0.05, 0) is 38.1 Å². The lowest BCUT2D eigenvalue weighted by molar-refractivity contribution is 0.407. The highest BCUT2D eigenvalue weighted by molar-refractivity contribution is 6.30. The van der Waals surface area contributed by atoms with Crippen LogP contribution >= 0.6 is 11.6 Å². The van der Waals surface area contributed by atoms with Crippen molar-refractivity contribution in [2.45, 2.75) is 25.9 Å². The van der Waals surface area contributed by atoms with E-state index in [-0.39, 0.29) is 0 Å². The number of rotatable bonds is 1. The van der Waals surface area contributed by atoms with Crippen molar-refractivity contribution in [2.24, 2.45) is 0 Å². The average molecular weight is 225 g/mol. The van der Waals surface area contributed by atoms with Crippen molar-refractivity contribution < 1.29 is 0 Å². The van der Waals surface area contributed by atoms with E-state index in [0.717, 1.165) is 18.1 Å². The highest BCUT2D eigenvalue weighted by atomic mass is 35.5. The minimum absolute atomic E-state index is 0.546. The number of nitrogens with one attached hydrogen (secondary N) is 1. The lowest BCUT2D eigenvalue weighted by Crippen LogP contribution is -2.54. The van der Waals surface area contributed by atoms with Crippen LogP contribution in [0.25, 0.3) is 0 Å². The number of hydrogen-bond acceptors (Lipinski definition) is 2. The number of hydrogen-bond donors (Lipinski definition) is 1. The van der Waals surface area contributed by atoms with Crippen LogP contribution in [-0.4, -0.2) is 25.2 Å². The Hall–Kier alpha value is -0.730. The monoisotopic (exact) mass is 224 g/mol. The van der Waals surface area contributed by atoms with Gasteiger partial charge in [-0.25, -0.2) is 0 Å². The Morgan fingerprint density at radius 1 is 1.13 bits per heavy atom. The van der Waals surface area contributed by atoms with Gasteiger partial charge in [0.1, 0.15) is 0 Å². The van der Waals surface area contributed by atoms with E-state index in [4.69, 9.17) is 11.6 Å². The third-order valence-electron chi connectivity index (χ3n) is 2.75. The molecule has 0 aromatic heterocycles. The molecule has 3 heteroatoms. The molecule has 2 nitrogen and oxygen atoms in total. The Morgan fingerprint density at radius 3 is 2.20 bits per heavy atom. The summed E-state index contributed by atoms with van der Waals surface area (Å²) >= 11 is 5.88. The van der Waals surface area contributed by atoms with Crippen LogP contribution in [-0.2, 0) is 0 Å². The second-order valence-corrected chi connectivity index (χ2v) is 4.79. The summed E-state index contributed by atoms with van der Waals surface area (Å²) in [6.45, 7) is 6.56. The first-order chi connectivity index (χ1) is 7.15. The normalized spacial score (nSPS) is 26.7. The number of nitrogens with zero attached hydrogens (tertiary/aromatic N) is 1. The second-order valence-electron chi connectivity index (χ2n) is 4.35. The smallest absolute Gasteiger partial charge is 0.0407 e. The van der Waals surface area contributed by atoms with Gasteiger partial charge in [-0.1, -0.05) is 11.6 Å². The molecular formula is C12H17ClN2. The molecule has 2 atom stereocenters. The molecule has 0 spiro atoms. The number of piperazine rings is 1. The van der Waals surface area contributed by atoms with Gasteiger partial charge in [-0.15, -0.1) is 0 Å². The highest BCUT2D eigenvalue weighted by Gasteiger charge is 2.20. The molecule has 0 saturated carbocycles. The first-order valence-electron chi connectivity index (χ1n) is 5.41. The summed E-state index contributed by atoms with van der Waals surface area (Å²) in [6, 6.07) is 9.18. The summed E-state index contributed by atoms with van der Waals surface area (Å²) in [4.78, 5) is 2.40. The number of anilines is 1. The summed E-state index contributed by atoms with van der Waals surface area (Å²) in [6.07, 6.45) is 0. The fourth-order valence-corrected chi connectivity index (χ4v) is 2.32. The lowest BCUT2D eigenvalue weighted by atomic mass is 10.1. The molecule has 1 saturated heterocycles. The van der Waals surface area contributed by atoms with Gasteiger partial charge in [0.05, 0.1) is 0 Å². The maximum Gasteiger partial charge on any atom is 0.0407 e. The van der Waals surface area contributed by atoms with Crippen LogP contribution in [0.4, 0.5) is 5.69 Å². The van der Waals surface area contributed by atoms with E-state index in [2.05, 4.69) is 36.2 Å². The van der Waals surface area contributed by atoms with Crippen LogP contribution in [0.15, 0.2) is 24.3 Å². The number of halogens is 1. The first-order valence-corrected chi connectivity index (χ1v) is 5.79. The Bertz CT molecular complexity index is 313. The molecule has 0 aliphatic carbocycles. The molecule has 0 radical (unpaired) electrons. The summed E-state index contributed by atoms with van der Waals surface area (Å²) < 4.78 is 0. The van der Waals surface area contributed by atoms with Gasteiger partial charge in [0.25, 0.3) is 0 Å². The maximum atomic E-state index is 5.88. The predicted molar refractivity (Wildman–Crippen MR) is 65.7 cm³/mol. The van der Waals surface area contributed by atoms with Gasteiger partial charge in [-0.3, -0.25) is 0 Å². The molecule has 0 amide bonds. The van der Waals surface area contributed by atoms with Gasteiger partial charge >= 0.3 is 0 Å². The standard InChI is InChI=1S/C12H17ClN2/c1-9-7-15(8-10(2)14-9)12-5-3-11(13)4-6-12/h3-6,9-10,14H,7-8H2,1-2H3/t9-,10-/m0/s1. The molecule has 0 bridgehead atoms.